The van der Waals surface area contributed by atoms with Crippen LogP contribution in [-0.4, -0.2) is 5.91 Å². The summed E-state index contributed by atoms with van der Waals surface area (Å²) >= 11 is 0. The van der Waals surface area contributed by atoms with Gasteiger partial charge in [-0.25, -0.2) is 0 Å². The van der Waals surface area contributed by atoms with Crippen molar-refractivity contribution in [2.24, 2.45) is 0 Å². The molecule has 2 nitrogen and oxygen atoms in total. The van der Waals surface area contributed by atoms with Gasteiger partial charge in [0.25, 0.3) is 0 Å². The molecule has 0 atom stereocenters. The first kappa shape index (κ1) is 12.5. The summed E-state index contributed by atoms with van der Waals surface area (Å²) in [5.41, 5.74) is 1.94. The Morgan fingerprint density at radius 3 is 2.81 bits per heavy atom. The number of nitrogens with one attached hydrogen (secondary N) is 1. The lowest BCUT2D eigenvalue weighted by atomic mass is 10.1. The molecule has 0 radical (unpaired) electrons. The van der Waals surface area contributed by atoms with E-state index in [1.807, 2.05) is 24.3 Å². The van der Waals surface area contributed by atoms with E-state index in [1.165, 1.54) is 19.8 Å². The number of para-hydroxylation sites is 1. The lowest BCUT2D eigenvalue weighted by molar-refractivity contribution is -0.114. The second-order valence-corrected chi connectivity index (χ2v) is 3.81. The number of amides is 1. The zero-order chi connectivity index (χ0) is 11.8. The molecule has 0 aliphatic rings. The van der Waals surface area contributed by atoms with Crippen molar-refractivity contribution < 1.29 is 4.79 Å². The van der Waals surface area contributed by atoms with E-state index in [4.69, 9.17) is 0 Å². The minimum Gasteiger partial charge on any atom is -0.326 e. The van der Waals surface area contributed by atoms with Gasteiger partial charge in [-0.15, -0.1) is 0 Å². The summed E-state index contributed by atoms with van der Waals surface area (Å²) in [6, 6.07) is 7.83. The number of carbonyl (C=O) groups excluding carboxylic acids is 1. The maximum atomic E-state index is 11.0. The normalized spacial score (nSPS) is 10.6. The van der Waals surface area contributed by atoms with Crippen molar-refractivity contribution in [1.29, 1.82) is 0 Å². The number of allylic oxidation sites excluding steroid dienone is 1. The van der Waals surface area contributed by atoms with Crippen molar-refractivity contribution in [3.8, 4) is 0 Å². The highest BCUT2D eigenvalue weighted by atomic mass is 16.1. The fourth-order valence-corrected chi connectivity index (χ4v) is 1.48. The Bertz CT molecular complexity index is 369. The summed E-state index contributed by atoms with van der Waals surface area (Å²) in [6.07, 6.45) is 7.73. The van der Waals surface area contributed by atoms with Crippen LogP contribution in [0.3, 0.4) is 0 Å². The van der Waals surface area contributed by atoms with E-state index in [9.17, 15) is 4.79 Å². The molecule has 0 fully saturated rings. The van der Waals surface area contributed by atoms with Gasteiger partial charge in [-0.05, 0) is 18.1 Å². The molecule has 0 aromatic heterocycles. The van der Waals surface area contributed by atoms with Crippen molar-refractivity contribution in [2.45, 2.75) is 33.1 Å². The van der Waals surface area contributed by atoms with Gasteiger partial charge >= 0.3 is 0 Å². The van der Waals surface area contributed by atoms with Crippen LogP contribution in [0.25, 0.3) is 6.08 Å². The van der Waals surface area contributed by atoms with Crippen molar-refractivity contribution in [3.05, 3.63) is 35.9 Å². The zero-order valence-corrected chi connectivity index (χ0v) is 9.99. The molecule has 1 aromatic carbocycles. The Kier molecular flexibility index (Phi) is 5.34. The van der Waals surface area contributed by atoms with Crippen LogP contribution in [0.1, 0.15) is 38.7 Å². The highest BCUT2D eigenvalue weighted by Gasteiger charge is 1.99. The average Bonchev–Trinajstić information content (AvgIpc) is 2.26. The SMILES string of the molecule is CCCC/C=C/c1ccccc1NC(C)=O. The molecule has 1 aromatic rings. The number of unbranched alkanes of at least 4 members (excludes halogenated alkanes) is 2. The van der Waals surface area contributed by atoms with E-state index in [-0.39, 0.29) is 5.91 Å². The van der Waals surface area contributed by atoms with E-state index < -0.39 is 0 Å². The maximum Gasteiger partial charge on any atom is 0.221 e. The second-order valence-electron chi connectivity index (χ2n) is 3.81. The molecule has 0 bridgehead atoms. The van der Waals surface area contributed by atoms with Gasteiger partial charge in [0.15, 0.2) is 0 Å². The van der Waals surface area contributed by atoms with Crippen LogP contribution in [0, 0.1) is 0 Å². The summed E-state index contributed by atoms with van der Waals surface area (Å²) in [7, 11) is 0. The third-order valence-electron chi connectivity index (χ3n) is 2.29. The molecule has 0 saturated heterocycles. The number of hydrogen-bond acceptors (Lipinski definition) is 1. The summed E-state index contributed by atoms with van der Waals surface area (Å²) < 4.78 is 0. The maximum absolute atomic E-state index is 11.0. The molecule has 1 amide bonds. The first-order valence-corrected chi connectivity index (χ1v) is 5.77. The van der Waals surface area contributed by atoms with Crippen LogP contribution in [-0.2, 0) is 4.79 Å². The molecule has 0 aliphatic carbocycles. The predicted molar refractivity (Wildman–Crippen MR) is 69.3 cm³/mol. The van der Waals surface area contributed by atoms with Crippen molar-refractivity contribution in [1.82, 2.24) is 0 Å². The Labute approximate surface area is 97.4 Å². The monoisotopic (exact) mass is 217 g/mol. The molecule has 0 aliphatic heterocycles. The van der Waals surface area contributed by atoms with Gasteiger partial charge in [-0.3, -0.25) is 4.79 Å². The molecule has 2 heteroatoms. The third-order valence-corrected chi connectivity index (χ3v) is 2.29. The summed E-state index contributed by atoms with van der Waals surface area (Å²) in [5.74, 6) is -0.0330. The third kappa shape index (κ3) is 4.30. The fourth-order valence-electron chi connectivity index (χ4n) is 1.48. The lowest BCUT2D eigenvalue weighted by Gasteiger charge is -2.05. The standard InChI is InChI=1S/C14H19NO/c1-3-4-5-6-9-13-10-7-8-11-14(13)15-12(2)16/h6-11H,3-5H2,1-2H3,(H,15,16)/b9-6+. The molecule has 1 N–H and O–H groups in total. The lowest BCUT2D eigenvalue weighted by Crippen LogP contribution is -2.06. The van der Waals surface area contributed by atoms with Crippen LogP contribution in [0.5, 0.6) is 0 Å². The molecule has 0 unspecified atom stereocenters. The van der Waals surface area contributed by atoms with Gasteiger partial charge in [-0.1, -0.05) is 50.1 Å². The smallest absolute Gasteiger partial charge is 0.221 e. The van der Waals surface area contributed by atoms with E-state index in [0.717, 1.165) is 17.7 Å². The first-order chi connectivity index (χ1) is 7.74. The van der Waals surface area contributed by atoms with E-state index in [1.54, 1.807) is 0 Å². The average molecular weight is 217 g/mol. The van der Waals surface area contributed by atoms with Gasteiger partial charge in [0.05, 0.1) is 0 Å². The molecular formula is C14H19NO. The Morgan fingerprint density at radius 2 is 2.12 bits per heavy atom. The number of benzene rings is 1. The van der Waals surface area contributed by atoms with Gasteiger partial charge in [0.1, 0.15) is 0 Å². The van der Waals surface area contributed by atoms with Crippen LogP contribution >= 0.6 is 0 Å². The topological polar surface area (TPSA) is 29.1 Å². The minimum absolute atomic E-state index is 0.0330. The van der Waals surface area contributed by atoms with Crippen molar-refractivity contribution in [2.75, 3.05) is 5.32 Å². The number of hydrogen-bond donors (Lipinski definition) is 1. The predicted octanol–water partition coefficient (Wildman–Crippen LogP) is 3.85. The van der Waals surface area contributed by atoms with Gasteiger partial charge in [-0.2, -0.15) is 0 Å². The van der Waals surface area contributed by atoms with Gasteiger partial charge in [0.2, 0.25) is 5.91 Å². The fraction of sp³-hybridized carbons (Fsp3) is 0.357. The number of anilines is 1. The van der Waals surface area contributed by atoms with Crippen LogP contribution in [0.15, 0.2) is 30.3 Å². The van der Waals surface area contributed by atoms with Crippen LogP contribution in [0.4, 0.5) is 5.69 Å². The molecule has 0 heterocycles. The quantitative estimate of drug-likeness (QED) is 0.746. The zero-order valence-electron chi connectivity index (χ0n) is 9.99. The van der Waals surface area contributed by atoms with E-state index in [0.29, 0.717) is 0 Å². The molecule has 1 rings (SSSR count). The van der Waals surface area contributed by atoms with Crippen LogP contribution < -0.4 is 5.32 Å². The molecular weight excluding hydrogens is 198 g/mol. The highest BCUT2D eigenvalue weighted by Crippen LogP contribution is 2.17. The summed E-state index contributed by atoms with van der Waals surface area (Å²) in [4.78, 5) is 11.0. The second kappa shape index (κ2) is 6.83. The molecule has 0 spiro atoms. The van der Waals surface area contributed by atoms with E-state index >= 15 is 0 Å². The first-order valence-electron chi connectivity index (χ1n) is 5.77. The Morgan fingerprint density at radius 1 is 1.38 bits per heavy atom. The molecule has 86 valence electrons. The minimum atomic E-state index is -0.0330. The Balaban J connectivity index is 2.70. The number of rotatable bonds is 5. The summed E-state index contributed by atoms with van der Waals surface area (Å²) in [6.45, 7) is 3.71. The van der Waals surface area contributed by atoms with Crippen molar-refractivity contribution in [3.63, 3.8) is 0 Å². The Hall–Kier alpha value is -1.57. The summed E-state index contributed by atoms with van der Waals surface area (Å²) in [5, 5.41) is 2.82. The van der Waals surface area contributed by atoms with E-state index in [2.05, 4.69) is 24.4 Å². The van der Waals surface area contributed by atoms with Gasteiger partial charge in [0, 0.05) is 12.6 Å². The van der Waals surface area contributed by atoms with Crippen molar-refractivity contribution >= 4 is 17.7 Å². The largest absolute Gasteiger partial charge is 0.326 e. The highest BCUT2D eigenvalue weighted by molar-refractivity contribution is 5.91. The van der Waals surface area contributed by atoms with Crippen LogP contribution in [0.2, 0.25) is 0 Å². The molecule has 16 heavy (non-hydrogen) atoms. The van der Waals surface area contributed by atoms with Gasteiger partial charge < -0.3 is 5.32 Å². The molecule has 0 saturated carbocycles. The number of carbonyl (C=O) groups is 1.